The molecule has 1 aliphatic heterocycles. The Morgan fingerprint density at radius 3 is 2.67 bits per heavy atom. The van der Waals surface area contributed by atoms with E-state index >= 15 is 0 Å². The van der Waals surface area contributed by atoms with Gasteiger partial charge < -0.3 is 4.90 Å². The molecule has 0 unspecified atom stereocenters. The summed E-state index contributed by atoms with van der Waals surface area (Å²) in [4.78, 5) is 6.80. The molecular weight excluding hydrogens is 184 g/mol. The summed E-state index contributed by atoms with van der Waals surface area (Å²) in [5.41, 5.74) is 2.06. The van der Waals surface area contributed by atoms with Crippen LogP contribution in [0.1, 0.15) is 30.0 Å². The standard InChI is InChI=1S/C13H16N2/c1-3-11-4-5-13(14-10-11)12-6-8-15(2)9-7-12/h1,4-5,10,12H,6-9H2,2H3. The number of pyridine rings is 1. The van der Waals surface area contributed by atoms with Crippen molar-refractivity contribution in [3.63, 3.8) is 0 Å². The quantitative estimate of drug-likeness (QED) is 0.643. The highest BCUT2D eigenvalue weighted by atomic mass is 15.1. The van der Waals surface area contributed by atoms with Crippen molar-refractivity contribution in [1.82, 2.24) is 9.88 Å². The Morgan fingerprint density at radius 2 is 2.13 bits per heavy atom. The van der Waals surface area contributed by atoms with Gasteiger partial charge in [0.05, 0.1) is 0 Å². The first-order chi connectivity index (χ1) is 7.29. The zero-order valence-electron chi connectivity index (χ0n) is 9.11. The Balaban J connectivity index is 2.07. The molecule has 0 bridgehead atoms. The lowest BCUT2D eigenvalue weighted by atomic mass is 9.93. The third-order valence-electron chi connectivity index (χ3n) is 3.09. The lowest BCUT2D eigenvalue weighted by Gasteiger charge is -2.28. The van der Waals surface area contributed by atoms with Crippen LogP contribution in [0.3, 0.4) is 0 Å². The fraction of sp³-hybridized carbons (Fsp3) is 0.462. The predicted molar refractivity (Wildman–Crippen MR) is 61.6 cm³/mol. The molecule has 15 heavy (non-hydrogen) atoms. The normalized spacial score (nSPS) is 18.7. The molecule has 2 heterocycles. The summed E-state index contributed by atoms with van der Waals surface area (Å²) in [5, 5.41) is 0. The molecule has 0 amide bonds. The summed E-state index contributed by atoms with van der Waals surface area (Å²) in [6, 6.07) is 4.06. The molecular formula is C13H16N2. The maximum absolute atomic E-state index is 5.30. The Morgan fingerprint density at radius 1 is 1.40 bits per heavy atom. The van der Waals surface area contributed by atoms with Gasteiger partial charge in [-0.25, -0.2) is 0 Å². The highest BCUT2D eigenvalue weighted by Gasteiger charge is 2.18. The SMILES string of the molecule is C#Cc1ccc(C2CCN(C)CC2)nc1. The molecule has 0 N–H and O–H groups in total. The van der Waals surface area contributed by atoms with Crippen molar-refractivity contribution >= 4 is 0 Å². The molecule has 0 saturated carbocycles. The van der Waals surface area contributed by atoms with Crippen molar-refractivity contribution in [1.29, 1.82) is 0 Å². The summed E-state index contributed by atoms with van der Waals surface area (Å²) in [7, 11) is 2.17. The Labute approximate surface area is 91.3 Å². The van der Waals surface area contributed by atoms with E-state index in [4.69, 9.17) is 6.42 Å². The van der Waals surface area contributed by atoms with Gasteiger partial charge >= 0.3 is 0 Å². The van der Waals surface area contributed by atoms with Crippen molar-refractivity contribution < 1.29 is 0 Å². The van der Waals surface area contributed by atoms with E-state index in [1.807, 2.05) is 6.07 Å². The number of hydrogen-bond donors (Lipinski definition) is 0. The van der Waals surface area contributed by atoms with Crippen LogP contribution in [0.4, 0.5) is 0 Å². The van der Waals surface area contributed by atoms with Gasteiger partial charge in [0.1, 0.15) is 0 Å². The first kappa shape index (κ1) is 10.2. The number of likely N-dealkylation sites (tertiary alicyclic amines) is 1. The van der Waals surface area contributed by atoms with E-state index in [1.54, 1.807) is 6.20 Å². The van der Waals surface area contributed by atoms with Crippen molar-refractivity contribution in [3.8, 4) is 12.3 Å². The highest BCUT2D eigenvalue weighted by molar-refractivity contribution is 5.30. The van der Waals surface area contributed by atoms with Crippen molar-refractivity contribution in [2.45, 2.75) is 18.8 Å². The van der Waals surface area contributed by atoms with E-state index in [0.29, 0.717) is 5.92 Å². The molecule has 78 valence electrons. The molecule has 2 heteroatoms. The van der Waals surface area contributed by atoms with Gasteiger partial charge in [-0.05, 0) is 45.1 Å². The molecule has 1 fully saturated rings. The summed E-state index contributed by atoms with van der Waals surface area (Å²) in [5.74, 6) is 3.21. The third kappa shape index (κ3) is 2.37. The predicted octanol–water partition coefficient (Wildman–Crippen LogP) is 1.87. The fourth-order valence-electron chi connectivity index (χ4n) is 2.04. The molecule has 1 saturated heterocycles. The van der Waals surface area contributed by atoms with Crippen LogP contribution in [0, 0.1) is 12.3 Å². The molecule has 2 rings (SSSR count). The van der Waals surface area contributed by atoms with Crippen LogP contribution in [0.5, 0.6) is 0 Å². The van der Waals surface area contributed by atoms with E-state index in [-0.39, 0.29) is 0 Å². The Kier molecular flexibility index (Phi) is 3.03. The minimum Gasteiger partial charge on any atom is -0.306 e. The van der Waals surface area contributed by atoms with E-state index < -0.39 is 0 Å². The number of hydrogen-bond acceptors (Lipinski definition) is 2. The monoisotopic (exact) mass is 200 g/mol. The second kappa shape index (κ2) is 4.46. The van der Waals surface area contributed by atoms with Crippen LogP contribution < -0.4 is 0 Å². The largest absolute Gasteiger partial charge is 0.306 e. The topological polar surface area (TPSA) is 16.1 Å². The second-order valence-electron chi connectivity index (χ2n) is 4.19. The molecule has 0 radical (unpaired) electrons. The van der Waals surface area contributed by atoms with Crippen LogP contribution in [-0.2, 0) is 0 Å². The van der Waals surface area contributed by atoms with Gasteiger partial charge in [0, 0.05) is 23.4 Å². The zero-order valence-corrected chi connectivity index (χ0v) is 9.11. The van der Waals surface area contributed by atoms with Crippen molar-refractivity contribution in [2.75, 3.05) is 20.1 Å². The molecule has 1 aromatic heterocycles. The van der Waals surface area contributed by atoms with E-state index in [0.717, 1.165) is 5.56 Å². The molecule has 0 aliphatic carbocycles. The number of nitrogens with zero attached hydrogens (tertiary/aromatic N) is 2. The number of piperidine rings is 1. The van der Waals surface area contributed by atoms with Crippen LogP contribution in [-0.4, -0.2) is 30.0 Å². The summed E-state index contributed by atoms with van der Waals surface area (Å²) < 4.78 is 0. The van der Waals surface area contributed by atoms with Gasteiger partial charge in [0.2, 0.25) is 0 Å². The molecule has 0 aromatic carbocycles. The van der Waals surface area contributed by atoms with E-state index in [2.05, 4.69) is 28.9 Å². The van der Waals surface area contributed by atoms with Gasteiger partial charge in [-0.3, -0.25) is 4.98 Å². The van der Waals surface area contributed by atoms with Gasteiger partial charge in [-0.1, -0.05) is 5.92 Å². The van der Waals surface area contributed by atoms with Crippen LogP contribution in [0.25, 0.3) is 0 Å². The lowest BCUT2D eigenvalue weighted by molar-refractivity contribution is 0.253. The smallest absolute Gasteiger partial charge is 0.0436 e. The van der Waals surface area contributed by atoms with Gasteiger partial charge in [-0.2, -0.15) is 0 Å². The maximum atomic E-state index is 5.30. The van der Waals surface area contributed by atoms with Gasteiger partial charge in [0.25, 0.3) is 0 Å². The number of aromatic nitrogens is 1. The zero-order chi connectivity index (χ0) is 10.7. The van der Waals surface area contributed by atoms with Crippen LogP contribution in [0.15, 0.2) is 18.3 Å². The minimum absolute atomic E-state index is 0.619. The first-order valence-corrected chi connectivity index (χ1v) is 5.40. The number of terminal acetylenes is 1. The van der Waals surface area contributed by atoms with E-state index in [9.17, 15) is 0 Å². The van der Waals surface area contributed by atoms with E-state index in [1.165, 1.54) is 31.6 Å². The average Bonchev–Trinajstić information content (AvgIpc) is 2.30. The third-order valence-corrected chi connectivity index (χ3v) is 3.09. The van der Waals surface area contributed by atoms with Crippen LogP contribution in [0.2, 0.25) is 0 Å². The molecule has 2 nitrogen and oxygen atoms in total. The molecule has 1 aliphatic rings. The molecule has 0 atom stereocenters. The minimum atomic E-state index is 0.619. The maximum Gasteiger partial charge on any atom is 0.0436 e. The van der Waals surface area contributed by atoms with Crippen molar-refractivity contribution in [3.05, 3.63) is 29.6 Å². The van der Waals surface area contributed by atoms with Gasteiger partial charge in [0.15, 0.2) is 0 Å². The first-order valence-electron chi connectivity index (χ1n) is 5.40. The molecule has 1 aromatic rings. The summed E-state index contributed by atoms with van der Waals surface area (Å²) in [6.07, 6.45) is 9.51. The lowest BCUT2D eigenvalue weighted by Crippen LogP contribution is -2.29. The Hall–Kier alpha value is -1.33. The summed E-state index contributed by atoms with van der Waals surface area (Å²) in [6.45, 7) is 2.34. The van der Waals surface area contributed by atoms with Crippen LogP contribution >= 0.6 is 0 Å². The Bertz CT molecular complexity index is 353. The average molecular weight is 200 g/mol. The number of rotatable bonds is 1. The molecule has 0 spiro atoms. The fourth-order valence-corrected chi connectivity index (χ4v) is 2.04. The highest BCUT2D eigenvalue weighted by Crippen LogP contribution is 2.25. The van der Waals surface area contributed by atoms with Crippen molar-refractivity contribution in [2.24, 2.45) is 0 Å². The summed E-state index contributed by atoms with van der Waals surface area (Å²) >= 11 is 0. The van der Waals surface area contributed by atoms with Gasteiger partial charge in [-0.15, -0.1) is 6.42 Å². The second-order valence-corrected chi connectivity index (χ2v) is 4.19.